The normalized spacial score (nSPS) is 20.9. The standard InChI is InChI=1S/C24H36N4O5/c1-15-18(12-11-16-13-31-14-19(16)25-21(29)32-23(2,3)4)20(26-22(30)33-24(5,6)7)28(27-15)17-9-8-10-17/h16-17,19H,8-10,13-14H2,1-7H3,(H,25,29)(H,26,30)/t16?,19-/m1/s1. The minimum Gasteiger partial charge on any atom is -0.444 e. The summed E-state index contributed by atoms with van der Waals surface area (Å²) in [7, 11) is 0. The van der Waals surface area contributed by atoms with E-state index in [1.54, 1.807) is 0 Å². The van der Waals surface area contributed by atoms with Gasteiger partial charge in [-0.2, -0.15) is 5.10 Å². The van der Waals surface area contributed by atoms with E-state index in [0.29, 0.717) is 24.6 Å². The van der Waals surface area contributed by atoms with Crippen LogP contribution in [0.3, 0.4) is 0 Å². The molecule has 3 rings (SSSR count). The van der Waals surface area contributed by atoms with Gasteiger partial charge in [-0.05, 0) is 67.7 Å². The predicted molar refractivity (Wildman–Crippen MR) is 124 cm³/mol. The van der Waals surface area contributed by atoms with Crippen molar-refractivity contribution < 1.29 is 23.8 Å². The van der Waals surface area contributed by atoms with E-state index in [4.69, 9.17) is 14.2 Å². The molecule has 1 saturated carbocycles. The summed E-state index contributed by atoms with van der Waals surface area (Å²) in [6, 6.07) is -0.0443. The van der Waals surface area contributed by atoms with Gasteiger partial charge in [0.05, 0.1) is 42.5 Å². The molecule has 0 bridgehead atoms. The van der Waals surface area contributed by atoms with Crippen LogP contribution in [-0.4, -0.2) is 52.4 Å². The summed E-state index contributed by atoms with van der Waals surface area (Å²) in [6.45, 7) is 13.5. The molecule has 9 heteroatoms. The second-order valence-corrected chi connectivity index (χ2v) is 10.6. The first-order valence-corrected chi connectivity index (χ1v) is 11.5. The molecule has 2 heterocycles. The van der Waals surface area contributed by atoms with Gasteiger partial charge in [0, 0.05) is 0 Å². The number of amides is 2. The number of hydrogen-bond acceptors (Lipinski definition) is 6. The molecule has 1 saturated heterocycles. The van der Waals surface area contributed by atoms with Gasteiger partial charge in [-0.1, -0.05) is 11.8 Å². The minimum atomic E-state index is -0.617. The van der Waals surface area contributed by atoms with Crippen LogP contribution in [0.4, 0.5) is 15.4 Å². The average Bonchev–Trinajstić information content (AvgIpc) is 3.13. The van der Waals surface area contributed by atoms with Gasteiger partial charge in [0.15, 0.2) is 0 Å². The van der Waals surface area contributed by atoms with Crippen LogP contribution in [0.25, 0.3) is 0 Å². The molecule has 1 aliphatic heterocycles. The summed E-state index contributed by atoms with van der Waals surface area (Å²) in [5.41, 5.74) is 0.181. The molecule has 2 aliphatic rings. The molecule has 1 aromatic rings. The Morgan fingerprint density at radius 1 is 1.06 bits per heavy atom. The molecule has 9 nitrogen and oxygen atoms in total. The summed E-state index contributed by atoms with van der Waals surface area (Å²) in [4.78, 5) is 24.7. The molecule has 182 valence electrons. The number of rotatable bonds is 3. The van der Waals surface area contributed by atoms with Gasteiger partial charge in [0.2, 0.25) is 0 Å². The Bertz CT molecular complexity index is 941. The summed E-state index contributed by atoms with van der Waals surface area (Å²) in [5.74, 6) is 6.75. The van der Waals surface area contributed by atoms with Crippen molar-refractivity contribution in [1.29, 1.82) is 0 Å². The molecule has 2 amide bonds. The van der Waals surface area contributed by atoms with E-state index in [1.807, 2.05) is 53.1 Å². The molecule has 33 heavy (non-hydrogen) atoms. The first-order chi connectivity index (χ1) is 15.3. The highest BCUT2D eigenvalue weighted by Crippen LogP contribution is 2.35. The number of aryl methyl sites for hydroxylation is 1. The zero-order chi connectivity index (χ0) is 24.4. The van der Waals surface area contributed by atoms with Crippen molar-refractivity contribution >= 4 is 18.0 Å². The van der Waals surface area contributed by atoms with Gasteiger partial charge in [-0.25, -0.2) is 14.3 Å². The lowest BCUT2D eigenvalue weighted by molar-refractivity contribution is 0.0494. The highest BCUT2D eigenvalue weighted by Gasteiger charge is 2.31. The molecule has 0 aromatic carbocycles. The van der Waals surface area contributed by atoms with Crippen LogP contribution >= 0.6 is 0 Å². The van der Waals surface area contributed by atoms with Gasteiger partial charge in [0.1, 0.15) is 17.0 Å². The van der Waals surface area contributed by atoms with E-state index in [9.17, 15) is 9.59 Å². The van der Waals surface area contributed by atoms with Crippen LogP contribution in [0.5, 0.6) is 0 Å². The Labute approximate surface area is 195 Å². The Morgan fingerprint density at radius 3 is 2.27 bits per heavy atom. The highest BCUT2D eigenvalue weighted by atomic mass is 16.6. The number of nitrogens with zero attached hydrogens (tertiary/aromatic N) is 2. The maximum Gasteiger partial charge on any atom is 0.413 e. The Hall–Kier alpha value is -2.73. The van der Waals surface area contributed by atoms with Crippen molar-refractivity contribution in [3.63, 3.8) is 0 Å². The lowest BCUT2D eigenvalue weighted by Crippen LogP contribution is -2.42. The van der Waals surface area contributed by atoms with Crippen molar-refractivity contribution in [2.75, 3.05) is 18.5 Å². The third-order valence-electron chi connectivity index (χ3n) is 5.29. The summed E-state index contributed by atoms with van der Waals surface area (Å²) >= 11 is 0. The fourth-order valence-electron chi connectivity index (χ4n) is 3.58. The predicted octanol–water partition coefficient (Wildman–Crippen LogP) is 4.15. The van der Waals surface area contributed by atoms with Crippen molar-refractivity contribution in [3.05, 3.63) is 11.3 Å². The van der Waals surface area contributed by atoms with E-state index in [1.165, 1.54) is 0 Å². The number of anilines is 1. The SMILES string of the molecule is Cc1nn(C2CCC2)c(NC(=O)OC(C)(C)C)c1C#CC1COC[C@H]1NC(=O)OC(C)(C)C. The first-order valence-electron chi connectivity index (χ1n) is 11.5. The first kappa shape index (κ1) is 24.9. The number of carbonyl (C=O) groups excluding carboxylic acids is 2. The second kappa shape index (κ2) is 9.64. The van der Waals surface area contributed by atoms with Crippen LogP contribution in [0, 0.1) is 24.7 Å². The molecule has 2 N–H and O–H groups in total. The molecule has 0 radical (unpaired) electrons. The van der Waals surface area contributed by atoms with Crippen LogP contribution in [0.1, 0.15) is 78.1 Å². The van der Waals surface area contributed by atoms with Gasteiger partial charge >= 0.3 is 12.2 Å². The van der Waals surface area contributed by atoms with Crippen LogP contribution in [0.2, 0.25) is 0 Å². The second-order valence-electron chi connectivity index (χ2n) is 10.6. The number of alkyl carbamates (subject to hydrolysis) is 1. The third kappa shape index (κ3) is 6.87. The topological polar surface area (TPSA) is 104 Å². The lowest BCUT2D eigenvalue weighted by atomic mass is 9.93. The Morgan fingerprint density at radius 2 is 1.70 bits per heavy atom. The molecular formula is C24H36N4O5. The van der Waals surface area contributed by atoms with E-state index in [2.05, 4.69) is 27.6 Å². The minimum absolute atomic E-state index is 0.210. The Kier molecular flexibility index (Phi) is 7.27. The molecule has 0 spiro atoms. The molecule has 1 aromatic heterocycles. The smallest absolute Gasteiger partial charge is 0.413 e. The van der Waals surface area contributed by atoms with Crippen molar-refractivity contribution in [3.8, 4) is 11.8 Å². The number of nitrogens with one attached hydrogen (secondary N) is 2. The van der Waals surface area contributed by atoms with Crippen molar-refractivity contribution in [2.45, 2.75) is 91.0 Å². The molecule has 2 fully saturated rings. The molecule has 2 atom stereocenters. The highest BCUT2D eigenvalue weighted by molar-refractivity contribution is 5.86. The number of ether oxygens (including phenoxy) is 3. The fourth-order valence-corrected chi connectivity index (χ4v) is 3.58. The summed E-state index contributed by atoms with van der Waals surface area (Å²) < 4.78 is 18.2. The van der Waals surface area contributed by atoms with Crippen LogP contribution in [0.15, 0.2) is 0 Å². The van der Waals surface area contributed by atoms with Crippen molar-refractivity contribution in [1.82, 2.24) is 15.1 Å². The molecule has 1 aliphatic carbocycles. The van der Waals surface area contributed by atoms with E-state index in [0.717, 1.165) is 25.0 Å². The van der Waals surface area contributed by atoms with Gasteiger partial charge < -0.3 is 19.5 Å². The third-order valence-corrected chi connectivity index (χ3v) is 5.29. The lowest BCUT2D eigenvalue weighted by Gasteiger charge is -2.28. The molecule has 1 unspecified atom stereocenters. The zero-order valence-corrected chi connectivity index (χ0v) is 20.7. The van der Waals surface area contributed by atoms with E-state index in [-0.39, 0.29) is 18.0 Å². The maximum absolute atomic E-state index is 12.5. The van der Waals surface area contributed by atoms with Gasteiger partial charge in [0.25, 0.3) is 0 Å². The summed E-state index contributed by atoms with van der Waals surface area (Å²) in [6.07, 6.45) is 2.12. The van der Waals surface area contributed by atoms with Gasteiger partial charge in [-0.15, -0.1) is 0 Å². The Balaban J connectivity index is 1.81. The van der Waals surface area contributed by atoms with Crippen molar-refractivity contribution in [2.24, 2.45) is 5.92 Å². The quantitative estimate of drug-likeness (QED) is 0.657. The van der Waals surface area contributed by atoms with E-state index < -0.39 is 23.4 Å². The average molecular weight is 461 g/mol. The number of hydrogen-bond donors (Lipinski definition) is 2. The largest absolute Gasteiger partial charge is 0.444 e. The fraction of sp³-hybridized carbons (Fsp3) is 0.708. The maximum atomic E-state index is 12.5. The van der Waals surface area contributed by atoms with E-state index >= 15 is 0 Å². The van der Waals surface area contributed by atoms with Gasteiger partial charge in [-0.3, -0.25) is 5.32 Å². The molecular weight excluding hydrogens is 424 g/mol. The number of aromatic nitrogens is 2. The number of carbonyl (C=O) groups is 2. The monoisotopic (exact) mass is 460 g/mol. The zero-order valence-electron chi connectivity index (χ0n) is 20.7. The van der Waals surface area contributed by atoms with Crippen LogP contribution in [-0.2, 0) is 14.2 Å². The summed E-state index contributed by atoms with van der Waals surface area (Å²) in [5, 5.41) is 10.4. The van der Waals surface area contributed by atoms with Crippen LogP contribution < -0.4 is 10.6 Å².